The molecule has 0 spiro atoms. The average Bonchev–Trinajstić information content (AvgIpc) is 2.55. The summed E-state index contributed by atoms with van der Waals surface area (Å²) in [4.78, 5) is 23.1. The molecule has 0 aliphatic carbocycles. The molecule has 3 N–H and O–H groups in total. The first-order valence-electron chi connectivity index (χ1n) is 9.27. The van der Waals surface area contributed by atoms with E-state index in [-0.39, 0.29) is 12.3 Å². The normalized spacial score (nSPS) is 11.4. The SMILES string of the molecule is CC(C)(C)OC(=O)NCC(=O)CCCCOCCOCCOCCCN. The number of Topliss-reactive ketones (excluding diaryl/α,β-unsaturated/α-hetero) is 1. The predicted molar refractivity (Wildman–Crippen MR) is 99.2 cm³/mol. The maximum atomic E-state index is 11.7. The van der Waals surface area contributed by atoms with Crippen LogP contribution in [-0.2, 0) is 23.7 Å². The van der Waals surface area contributed by atoms with Gasteiger partial charge in [-0.05, 0) is 46.6 Å². The molecule has 0 radical (unpaired) electrons. The van der Waals surface area contributed by atoms with E-state index in [0.717, 1.165) is 19.3 Å². The van der Waals surface area contributed by atoms with Crippen LogP contribution in [0, 0.1) is 0 Å². The number of nitrogens with one attached hydrogen (secondary N) is 1. The zero-order valence-corrected chi connectivity index (χ0v) is 16.5. The Morgan fingerprint density at radius 3 is 1.92 bits per heavy atom. The minimum Gasteiger partial charge on any atom is -0.444 e. The number of hydrogen-bond donors (Lipinski definition) is 2. The van der Waals surface area contributed by atoms with Crippen LogP contribution in [0.5, 0.6) is 0 Å². The second kappa shape index (κ2) is 16.0. The number of ketones is 1. The van der Waals surface area contributed by atoms with Crippen LogP contribution in [0.15, 0.2) is 0 Å². The number of carbonyl (C=O) groups excluding carboxylic acids is 2. The molecule has 0 aliphatic heterocycles. The number of nitrogens with two attached hydrogens (primary N) is 1. The van der Waals surface area contributed by atoms with E-state index in [2.05, 4.69) is 5.32 Å². The van der Waals surface area contributed by atoms with Gasteiger partial charge in [0.2, 0.25) is 0 Å². The topological polar surface area (TPSA) is 109 Å². The van der Waals surface area contributed by atoms with Crippen LogP contribution >= 0.6 is 0 Å². The highest BCUT2D eigenvalue weighted by Gasteiger charge is 2.16. The first-order valence-corrected chi connectivity index (χ1v) is 9.27. The molecule has 0 rings (SSSR count). The number of unbranched alkanes of at least 4 members (excludes halogenated alkanes) is 1. The van der Waals surface area contributed by atoms with E-state index in [1.807, 2.05) is 0 Å². The highest BCUT2D eigenvalue weighted by molar-refractivity contribution is 5.83. The van der Waals surface area contributed by atoms with E-state index in [1.54, 1.807) is 20.8 Å². The molecule has 0 aromatic carbocycles. The molecule has 8 nitrogen and oxygen atoms in total. The van der Waals surface area contributed by atoms with Crippen molar-refractivity contribution in [2.24, 2.45) is 5.73 Å². The molecule has 154 valence electrons. The van der Waals surface area contributed by atoms with Gasteiger partial charge in [0.15, 0.2) is 5.78 Å². The number of hydrogen-bond acceptors (Lipinski definition) is 7. The van der Waals surface area contributed by atoms with E-state index in [4.69, 9.17) is 24.7 Å². The van der Waals surface area contributed by atoms with Crippen LogP contribution in [0.25, 0.3) is 0 Å². The lowest BCUT2D eigenvalue weighted by molar-refractivity contribution is -0.118. The van der Waals surface area contributed by atoms with Crippen molar-refractivity contribution >= 4 is 11.9 Å². The maximum Gasteiger partial charge on any atom is 0.408 e. The largest absolute Gasteiger partial charge is 0.444 e. The van der Waals surface area contributed by atoms with Crippen LogP contribution < -0.4 is 11.1 Å². The Morgan fingerprint density at radius 2 is 1.38 bits per heavy atom. The summed E-state index contributed by atoms with van der Waals surface area (Å²) in [5, 5.41) is 2.46. The van der Waals surface area contributed by atoms with Crippen molar-refractivity contribution in [1.82, 2.24) is 5.32 Å². The lowest BCUT2D eigenvalue weighted by Gasteiger charge is -2.19. The van der Waals surface area contributed by atoms with Gasteiger partial charge in [0.25, 0.3) is 0 Å². The number of carbonyl (C=O) groups is 2. The van der Waals surface area contributed by atoms with Gasteiger partial charge in [-0.2, -0.15) is 0 Å². The number of amides is 1. The van der Waals surface area contributed by atoms with Crippen molar-refractivity contribution < 1.29 is 28.5 Å². The van der Waals surface area contributed by atoms with Crippen molar-refractivity contribution in [1.29, 1.82) is 0 Å². The first-order chi connectivity index (χ1) is 12.3. The minimum atomic E-state index is -0.570. The van der Waals surface area contributed by atoms with Crippen molar-refractivity contribution in [2.75, 3.05) is 52.7 Å². The fourth-order valence-electron chi connectivity index (χ4n) is 1.83. The van der Waals surface area contributed by atoms with Crippen LogP contribution in [-0.4, -0.2) is 70.2 Å². The summed E-state index contributed by atoms with van der Waals surface area (Å²) < 4.78 is 21.2. The molecule has 0 atom stereocenters. The fraction of sp³-hybridized carbons (Fsp3) is 0.889. The molecule has 1 amide bonds. The van der Waals surface area contributed by atoms with E-state index in [0.29, 0.717) is 52.6 Å². The molecule has 26 heavy (non-hydrogen) atoms. The van der Waals surface area contributed by atoms with Crippen molar-refractivity contribution in [3.63, 3.8) is 0 Å². The van der Waals surface area contributed by atoms with Crippen molar-refractivity contribution in [2.45, 2.75) is 52.1 Å². The summed E-state index contributed by atoms with van der Waals surface area (Å²) in [5.74, 6) is -0.0196. The zero-order valence-electron chi connectivity index (χ0n) is 16.5. The van der Waals surface area contributed by atoms with Gasteiger partial charge >= 0.3 is 6.09 Å². The molecular weight excluding hydrogens is 340 g/mol. The van der Waals surface area contributed by atoms with E-state index in [1.165, 1.54) is 0 Å². The number of ether oxygens (including phenoxy) is 4. The summed E-state index contributed by atoms with van der Waals surface area (Å²) in [5.41, 5.74) is 4.79. The Kier molecular flexibility index (Phi) is 15.2. The maximum absolute atomic E-state index is 11.7. The Bertz CT molecular complexity index is 371. The van der Waals surface area contributed by atoms with Crippen LogP contribution in [0.1, 0.15) is 46.5 Å². The van der Waals surface area contributed by atoms with Gasteiger partial charge in [-0.15, -0.1) is 0 Å². The third-order valence-corrected chi connectivity index (χ3v) is 3.06. The number of rotatable bonds is 16. The standard InChI is InChI=1S/C18H36N2O6/c1-18(2,3)26-17(22)20-15-16(21)7-4-5-9-23-11-13-25-14-12-24-10-6-8-19/h4-15,19H2,1-3H3,(H,20,22). The highest BCUT2D eigenvalue weighted by Crippen LogP contribution is 2.06. The van der Waals surface area contributed by atoms with Gasteiger partial charge in [0, 0.05) is 19.6 Å². The molecule has 0 saturated carbocycles. The third kappa shape index (κ3) is 19.1. The molecule has 0 fully saturated rings. The number of alkyl carbamates (subject to hydrolysis) is 1. The van der Waals surface area contributed by atoms with Crippen LogP contribution in [0.3, 0.4) is 0 Å². The smallest absolute Gasteiger partial charge is 0.408 e. The molecule has 0 aromatic rings. The monoisotopic (exact) mass is 376 g/mol. The lowest BCUT2D eigenvalue weighted by Crippen LogP contribution is -2.35. The fourth-order valence-corrected chi connectivity index (χ4v) is 1.83. The molecule has 8 heteroatoms. The quantitative estimate of drug-likeness (QED) is 0.394. The zero-order chi connectivity index (χ0) is 19.7. The molecule has 0 aromatic heterocycles. The average molecular weight is 376 g/mol. The second-order valence-electron chi connectivity index (χ2n) is 6.83. The van der Waals surface area contributed by atoms with Crippen molar-refractivity contribution in [3.05, 3.63) is 0 Å². The van der Waals surface area contributed by atoms with E-state index in [9.17, 15) is 9.59 Å². The second-order valence-corrected chi connectivity index (χ2v) is 6.83. The summed E-state index contributed by atoms with van der Waals surface area (Å²) in [6.07, 6.45) is 2.22. The molecular formula is C18H36N2O6. The Hall–Kier alpha value is -1.22. The molecule has 0 heterocycles. The Balaban J connectivity index is 3.32. The molecule has 0 bridgehead atoms. The van der Waals surface area contributed by atoms with Crippen LogP contribution in [0.2, 0.25) is 0 Å². The highest BCUT2D eigenvalue weighted by atomic mass is 16.6. The summed E-state index contributed by atoms with van der Waals surface area (Å²) in [7, 11) is 0. The first kappa shape index (κ1) is 24.8. The van der Waals surface area contributed by atoms with Crippen molar-refractivity contribution in [3.8, 4) is 0 Å². The molecule has 0 unspecified atom stereocenters. The molecule has 0 saturated heterocycles. The van der Waals surface area contributed by atoms with Gasteiger partial charge in [0.05, 0.1) is 33.0 Å². The summed E-state index contributed by atoms with van der Waals surface area (Å²) >= 11 is 0. The van der Waals surface area contributed by atoms with Crippen LogP contribution in [0.4, 0.5) is 4.79 Å². The third-order valence-electron chi connectivity index (χ3n) is 3.06. The van der Waals surface area contributed by atoms with Gasteiger partial charge in [-0.1, -0.05) is 0 Å². The Labute approximate surface area is 157 Å². The Morgan fingerprint density at radius 1 is 0.846 bits per heavy atom. The summed E-state index contributed by atoms with van der Waals surface area (Å²) in [6, 6.07) is 0. The minimum absolute atomic E-state index is 0.00301. The van der Waals surface area contributed by atoms with Gasteiger partial charge in [-0.3, -0.25) is 4.79 Å². The van der Waals surface area contributed by atoms with Gasteiger partial charge < -0.3 is 30.0 Å². The molecule has 0 aliphatic rings. The predicted octanol–water partition coefficient (Wildman–Crippen LogP) is 1.65. The van der Waals surface area contributed by atoms with E-state index >= 15 is 0 Å². The summed E-state index contributed by atoms with van der Waals surface area (Å²) in [6.45, 7) is 9.38. The van der Waals surface area contributed by atoms with Gasteiger partial charge in [-0.25, -0.2) is 4.79 Å². The van der Waals surface area contributed by atoms with E-state index < -0.39 is 11.7 Å². The van der Waals surface area contributed by atoms with Gasteiger partial charge in [0.1, 0.15) is 5.60 Å². The lowest BCUT2D eigenvalue weighted by atomic mass is 10.2.